The number of nitrogens with zero attached hydrogens (tertiary/aromatic N) is 2. The molecule has 0 amide bonds. The van der Waals surface area contributed by atoms with Crippen LogP contribution in [0.3, 0.4) is 0 Å². The van der Waals surface area contributed by atoms with Gasteiger partial charge in [0, 0.05) is 32.7 Å². The van der Waals surface area contributed by atoms with Gasteiger partial charge in [-0.25, -0.2) is 0 Å². The van der Waals surface area contributed by atoms with Crippen LogP contribution in [0, 0.1) is 0 Å². The summed E-state index contributed by atoms with van der Waals surface area (Å²) in [4.78, 5) is 16.1. The van der Waals surface area contributed by atoms with Gasteiger partial charge >= 0.3 is 5.97 Å². The van der Waals surface area contributed by atoms with E-state index in [-0.39, 0.29) is 5.97 Å². The minimum absolute atomic E-state index is 0.148. The number of ether oxygens (including phenoxy) is 1. The number of thiocarbonyl (C=S) groups is 1. The summed E-state index contributed by atoms with van der Waals surface area (Å²) in [5, 5.41) is 0. The van der Waals surface area contributed by atoms with E-state index in [9.17, 15) is 4.79 Å². The summed E-state index contributed by atoms with van der Waals surface area (Å²) >= 11 is 4.86. The molecular weight excluding hydrogens is 226 g/mol. The van der Waals surface area contributed by atoms with E-state index in [1.54, 1.807) is 0 Å². The van der Waals surface area contributed by atoms with Crippen LogP contribution in [0.2, 0.25) is 0 Å². The molecule has 0 unspecified atom stereocenters. The molecule has 1 rings (SSSR count). The molecule has 1 fully saturated rings. The summed E-state index contributed by atoms with van der Waals surface area (Å²) in [6.07, 6.45) is 0. The Labute approximate surface area is 102 Å². The Hall–Kier alpha value is -0.720. The van der Waals surface area contributed by atoms with Crippen molar-refractivity contribution < 1.29 is 9.53 Å². The fourth-order valence-corrected chi connectivity index (χ4v) is 1.90. The van der Waals surface area contributed by atoms with Crippen LogP contribution in [0.15, 0.2) is 0 Å². The number of esters is 1. The number of hydrogen-bond donors (Lipinski definition) is 1. The lowest BCUT2D eigenvalue weighted by Crippen LogP contribution is -2.49. The third-order valence-corrected chi connectivity index (χ3v) is 2.63. The highest BCUT2D eigenvalue weighted by atomic mass is 32.1. The SMILES string of the molecule is CCOC(=O)CN1CCN(CC(N)=S)CC1. The summed E-state index contributed by atoms with van der Waals surface area (Å²) in [5.41, 5.74) is 5.48. The molecule has 0 atom stereocenters. The normalized spacial score (nSPS) is 18.3. The van der Waals surface area contributed by atoms with Crippen molar-refractivity contribution in [3.63, 3.8) is 0 Å². The van der Waals surface area contributed by atoms with E-state index in [4.69, 9.17) is 22.7 Å². The molecule has 0 bridgehead atoms. The number of piperazine rings is 1. The molecular formula is C10H19N3O2S. The van der Waals surface area contributed by atoms with E-state index in [0.717, 1.165) is 26.2 Å². The van der Waals surface area contributed by atoms with Gasteiger partial charge in [-0.05, 0) is 6.92 Å². The van der Waals surface area contributed by atoms with Crippen LogP contribution in [0.25, 0.3) is 0 Å². The molecule has 0 aromatic carbocycles. The van der Waals surface area contributed by atoms with E-state index in [2.05, 4.69) is 9.80 Å². The second-order valence-electron chi connectivity index (χ2n) is 3.82. The van der Waals surface area contributed by atoms with Gasteiger partial charge in [0.1, 0.15) is 0 Å². The van der Waals surface area contributed by atoms with E-state index in [0.29, 0.717) is 24.7 Å². The Kier molecular flexibility index (Phi) is 5.65. The van der Waals surface area contributed by atoms with Crippen molar-refractivity contribution >= 4 is 23.2 Å². The van der Waals surface area contributed by atoms with Crippen molar-refractivity contribution in [2.75, 3.05) is 45.9 Å². The first-order valence-corrected chi connectivity index (χ1v) is 5.91. The highest BCUT2D eigenvalue weighted by Gasteiger charge is 2.19. The van der Waals surface area contributed by atoms with Crippen LogP contribution in [-0.4, -0.2) is 66.6 Å². The summed E-state index contributed by atoms with van der Waals surface area (Å²) in [5.74, 6) is -0.148. The van der Waals surface area contributed by atoms with Gasteiger partial charge in [-0.1, -0.05) is 12.2 Å². The van der Waals surface area contributed by atoms with E-state index >= 15 is 0 Å². The maximum Gasteiger partial charge on any atom is 0.320 e. The predicted octanol–water partition coefficient (Wildman–Crippen LogP) is -0.547. The van der Waals surface area contributed by atoms with Crippen molar-refractivity contribution in [1.29, 1.82) is 0 Å². The van der Waals surface area contributed by atoms with Crippen LogP contribution in [0.1, 0.15) is 6.92 Å². The molecule has 0 saturated carbocycles. The Morgan fingerprint density at radius 1 is 1.25 bits per heavy atom. The molecule has 0 spiro atoms. The molecule has 1 heterocycles. The largest absolute Gasteiger partial charge is 0.465 e. The smallest absolute Gasteiger partial charge is 0.320 e. The number of nitrogens with two attached hydrogens (primary N) is 1. The minimum Gasteiger partial charge on any atom is -0.465 e. The van der Waals surface area contributed by atoms with Gasteiger partial charge in [-0.3, -0.25) is 14.6 Å². The van der Waals surface area contributed by atoms with Crippen LogP contribution < -0.4 is 5.73 Å². The highest BCUT2D eigenvalue weighted by molar-refractivity contribution is 7.80. The zero-order valence-corrected chi connectivity index (χ0v) is 10.5. The number of hydrogen-bond acceptors (Lipinski definition) is 5. The quantitative estimate of drug-likeness (QED) is 0.518. The lowest BCUT2D eigenvalue weighted by molar-refractivity contribution is -0.144. The molecule has 1 saturated heterocycles. The second-order valence-corrected chi connectivity index (χ2v) is 4.35. The first kappa shape index (κ1) is 13.3. The zero-order chi connectivity index (χ0) is 12.0. The van der Waals surface area contributed by atoms with Gasteiger partial charge < -0.3 is 10.5 Å². The summed E-state index contributed by atoms with van der Waals surface area (Å²) in [7, 11) is 0. The van der Waals surface area contributed by atoms with Crippen molar-refractivity contribution in [1.82, 2.24) is 9.80 Å². The van der Waals surface area contributed by atoms with Crippen molar-refractivity contribution in [3.05, 3.63) is 0 Å². The van der Waals surface area contributed by atoms with Gasteiger partial charge in [-0.2, -0.15) is 0 Å². The van der Waals surface area contributed by atoms with E-state index in [1.807, 2.05) is 6.92 Å². The zero-order valence-electron chi connectivity index (χ0n) is 9.65. The fourth-order valence-electron chi connectivity index (χ4n) is 1.72. The molecule has 5 nitrogen and oxygen atoms in total. The van der Waals surface area contributed by atoms with Gasteiger partial charge in [0.2, 0.25) is 0 Å². The summed E-state index contributed by atoms with van der Waals surface area (Å²) in [6, 6.07) is 0. The van der Waals surface area contributed by atoms with Crippen LogP contribution in [0.4, 0.5) is 0 Å². The molecule has 0 aromatic heterocycles. The first-order chi connectivity index (χ1) is 7.61. The molecule has 0 aliphatic carbocycles. The third-order valence-electron chi connectivity index (χ3n) is 2.50. The standard InChI is InChI=1S/C10H19N3O2S/c1-2-15-10(14)8-13-5-3-12(4-6-13)7-9(11)16/h2-8H2,1H3,(H2,11,16). The average Bonchev–Trinajstić information content (AvgIpc) is 2.20. The number of carbonyl (C=O) groups is 1. The van der Waals surface area contributed by atoms with E-state index < -0.39 is 0 Å². The molecule has 0 radical (unpaired) electrons. The monoisotopic (exact) mass is 245 g/mol. The summed E-state index contributed by atoms with van der Waals surface area (Å²) in [6.45, 7) is 6.84. The van der Waals surface area contributed by atoms with Crippen molar-refractivity contribution in [2.45, 2.75) is 6.92 Å². The Balaban J connectivity index is 2.21. The van der Waals surface area contributed by atoms with Crippen LogP contribution >= 0.6 is 12.2 Å². The molecule has 1 aliphatic heterocycles. The highest BCUT2D eigenvalue weighted by Crippen LogP contribution is 2.01. The lowest BCUT2D eigenvalue weighted by Gasteiger charge is -2.33. The minimum atomic E-state index is -0.148. The van der Waals surface area contributed by atoms with Gasteiger partial charge in [0.05, 0.1) is 18.1 Å². The molecule has 1 aliphatic rings. The van der Waals surface area contributed by atoms with Gasteiger partial charge in [-0.15, -0.1) is 0 Å². The lowest BCUT2D eigenvalue weighted by atomic mass is 10.3. The number of carbonyl (C=O) groups excluding carboxylic acids is 1. The fraction of sp³-hybridized carbons (Fsp3) is 0.800. The van der Waals surface area contributed by atoms with Crippen LogP contribution in [0.5, 0.6) is 0 Å². The number of rotatable bonds is 5. The van der Waals surface area contributed by atoms with Crippen molar-refractivity contribution in [3.8, 4) is 0 Å². The van der Waals surface area contributed by atoms with E-state index in [1.165, 1.54) is 0 Å². The third kappa shape index (κ3) is 4.87. The maximum atomic E-state index is 11.3. The van der Waals surface area contributed by atoms with Gasteiger partial charge in [0.15, 0.2) is 0 Å². The maximum absolute atomic E-state index is 11.3. The second kappa shape index (κ2) is 6.78. The average molecular weight is 245 g/mol. The molecule has 0 aromatic rings. The Morgan fingerprint density at radius 3 is 2.19 bits per heavy atom. The molecule has 92 valence electrons. The predicted molar refractivity (Wildman–Crippen MR) is 66.3 cm³/mol. The Morgan fingerprint density at radius 2 is 1.75 bits per heavy atom. The molecule has 2 N–H and O–H groups in total. The molecule has 16 heavy (non-hydrogen) atoms. The Bertz CT molecular complexity index is 252. The first-order valence-electron chi connectivity index (χ1n) is 5.50. The molecule has 6 heteroatoms. The van der Waals surface area contributed by atoms with Crippen LogP contribution in [-0.2, 0) is 9.53 Å². The summed E-state index contributed by atoms with van der Waals surface area (Å²) < 4.78 is 4.90. The van der Waals surface area contributed by atoms with Crippen molar-refractivity contribution in [2.24, 2.45) is 5.73 Å². The topological polar surface area (TPSA) is 58.8 Å². The van der Waals surface area contributed by atoms with Gasteiger partial charge in [0.25, 0.3) is 0 Å².